The SMILES string of the molecule is CCN(CC)c1ccc(/C=C/CO)c(O)c1. The third-order valence-electron chi connectivity index (χ3n) is 2.55. The van der Waals surface area contributed by atoms with Crippen LogP contribution in [0.2, 0.25) is 0 Å². The van der Waals surface area contributed by atoms with E-state index in [1.807, 2.05) is 12.1 Å². The van der Waals surface area contributed by atoms with Crippen molar-refractivity contribution in [2.24, 2.45) is 0 Å². The third-order valence-corrected chi connectivity index (χ3v) is 2.55. The molecule has 0 saturated carbocycles. The molecule has 0 aliphatic carbocycles. The number of hydrogen-bond donors (Lipinski definition) is 2. The van der Waals surface area contributed by atoms with Crippen molar-refractivity contribution in [2.75, 3.05) is 24.6 Å². The number of hydrogen-bond acceptors (Lipinski definition) is 3. The lowest BCUT2D eigenvalue weighted by molar-refractivity contribution is 0.343. The van der Waals surface area contributed by atoms with E-state index in [1.54, 1.807) is 18.2 Å². The van der Waals surface area contributed by atoms with Crippen molar-refractivity contribution in [3.8, 4) is 5.75 Å². The van der Waals surface area contributed by atoms with Crippen LogP contribution in [-0.4, -0.2) is 29.9 Å². The minimum atomic E-state index is -0.0166. The Hall–Kier alpha value is -1.48. The topological polar surface area (TPSA) is 43.7 Å². The first-order valence-electron chi connectivity index (χ1n) is 5.58. The van der Waals surface area contributed by atoms with E-state index in [0.717, 1.165) is 24.3 Å². The lowest BCUT2D eigenvalue weighted by Crippen LogP contribution is -2.21. The van der Waals surface area contributed by atoms with Crippen molar-refractivity contribution in [1.82, 2.24) is 0 Å². The summed E-state index contributed by atoms with van der Waals surface area (Å²) in [5.41, 5.74) is 1.74. The zero-order valence-corrected chi connectivity index (χ0v) is 9.85. The number of aliphatic hydroxyl groups is 1. The van der Waals surface area contributed by atoms with Gasteiger partial charge in [0.2, 0.25) is 0 Å². The van der Waals surface area contributed by atoms with Crippen molar-refractivity contribution in [1.29, 1.82) is 0 Å². The van der Waals surface area contributed by atoms with Gasteiger partial charge in [0.1, 0.15) is 5.75 Å². The van der Waals surface area contributed by atoms with Crippen LogP contribution in [-0.2, 0) is 0 Å². The van der Waals surface area contributed by atoms with E-state index >= 15 is 0 Å². The largest absolute Gasteiger partial charge is 0.507 e. The van der Waals surface area contributed by atoms with Gasteiger partial charge in [-0.15, -0.1) is 0 Å². The zero-order chi connectivity index (χ0) is 12.0. The molecule has 0 atom stereocenters. The minimum absolute atomic E-state index is 0.0166. The van der Waals surface area contributed by atoms with E-state index in [2.05, 4.69) is 18.7 Å². The van der Waals surface area contributed by atoms with Gasteiger partial charge in [-0.2, -0.15) is 0 Å². The molecule has 88 valence electrons. The summed E-state index contributed by atoms with van der Waals surface area (Å²) in [5.74, 6) is 0.245. The van der Waals surface area contributed by atoms with Crippen LogP contribution in [0.5, 0.6) is 5.75 Å². The molecule has 0 saturated heterocycles. The number of rotatable bonds is 5. The number of phenolic OH excluding ortho intramolecular Hbond substituents is 1. The fourth-order valence-corrected chi connectivity index (χ4v) is 1.64. The van der Waals surface area contributed by atoms with Crippen LogP contribution in [0.1, 0.15) is 19.4 Å². The van der Waals surface area contributed by atoms with Gasteiger partial charge < -0.3 is 15.1 Å². The summed E-state index contributed by atoms with van der Waals surface area (Å²) in [7, 11) is 0. The van der Waals surface area contributed by atoms with Crippen molar-refractivity contribution in [3.63, 3.8) is 0 Å². The summed E-state index contributed by atoms with van der Waals surface area (Å²) >= 11 is 0. The second-order valence-corrected chi connectivity index (χ2v) is 3.50. The number of nitrogens with zero attached hydrogens (tertiary/aromatic N) is 1. The Labute approximate surface area is 96.6 Å². The predicted molar refractivity (Wildman–Crippen MR) is 67.8 cm³/mol. The summed E-state index contributed by atoms with van der Waals surface area (Å²) in [6.45, 7) is 5.99. The van der Waals surface area contributed by atoms with E-state index in [4.69, 9.17) is 5.11 Å². The maximum absolute atomic E-state index is 9.80. The van der Waals surface area contributed by atoms with Gasteiger partial charge in [0.15, 0.2) is 0 Å². The van der Waals surface area contributed by atoms with Gasteiger partial charge in [-0.3, -0.25) is 0 Å². The Morgan fingerprint density at radius 3 is 2.44 bits per heavy atom. The number of aliphatic hydroxyl groups excluding tert-OH is 1. The first-order valence-corrected chi connectivity index (χ1v) is 5.58. The average molecular weight is 221 g/mol. The molecule has 1 aromatic carbocycles. The molecule has 0 amide bonds. The summed E-state index contributed by atoms with van der Waals surface area (Å²) in [6.07, 6.45) is 3.31. The van der Waals surface area contributed by atoms with Crippen LogP contribution < -0.4 is 4.90 Å². The van der Waals surface area contributed by atoms with Crippen molar-refractivity contribution in [3.05, 3.63) is 29.8 Å². The van der Waals surface area contributed by atoms with Crippen molar-refractivity contribution < 1.29 is 10.2 Å². The Balaban J connectivity index is 2.94. The Bertz CT molecular complexity index is 357. The fraction of sp³-hybridized carbons (Fsp3) is 0.385. The molecule has 2 N–H and O–H groups in total. The Morgan fingerprint density at radius 1 is 1.25 bits per heavy atom. The lowest BCUT2D eigenvalue weighted by atomic mass is 10.1. The standard InChI is InChI=1S/C13H19NO2/c1-3-14(4-2)12-8-7-11(6-5-9-15)13(16)10-12/h5-8,10,15-16H,3-4,9H2,1-2H3/b6-5+. The summed E-state index contributed by atoms with van der Waals surface area (Å²) < 4.78 is 0. The number of aromatic hydroxyl groups is 1. The van der Waals surface area contributed by atoms with Gasteiger partial charge in [-0.1, -0.05) is 12.2 Å². The molecule has 1 rings (SSSR count). The predicted octanol–water partition coefficient (Wildman–Crippen LogP) is 2.24. The highest BCUT2D eigenvalue weighted by molar-refractivity contribution is 5.63. The average Bonchev–Trinajstić information content (AvgIpc) is 2.29. The van der Waals surface area contributed by atoms with E-state index in [-0.39, 0.29) is 12.4 Å². The molecular formula is C13H19NO2. The molecule has 0 radical (unpaired) electrons. The molecule has 1 aromatic rings. The fourth-order valence-electron chi connectivity index (χ4n) is 1.64. The van der Waals surface area contributed by atoms with Gasteiger partial charge in [0.05, 0.1) is 6.61 Å². The Kier molecular flexibility index (Phi) is 4.86. The number of benzene rings is 1. The summed E-state index contributed by atoms with van der Waals surface area (Å²) in [4.78, 5) is 2.17. The van der Waals surface area contributed by atoms with Crippen LogP contribution in [0.4, 0.5) is 5.69 Å². The maximum Gasteiger partial charge on any atom is 0.124 e. The number of phenols is 1. The van der Waals surface area contributed by atoms with Gasteiger partial charge in [0, 0.05) is 30.4 Å². The van der Waals surface area contributed by atoms with E-state index in [9.17, 15) is 5.11 Å². The highest BCUT2D eigenvalue weighted by Gasteiger charge is 2.04. The molecule has 0 aliphatic rings. The molecule has 0 unspecified atom stereocenters. The maximum atomic E-state index is 9.80. The van der Waals surface area contributed by atoms with Crippen LogP contribution in [0.3, 0.4) is 0 Å². The summed E-state index contributed by atoms with van der Waals surface area (Å²) in [5, 5.41) is 18.5. The molecule has 0 bridgehead atoms. The third kappa shape index (κ3) is 3.00. The first kappa shape index (κ1) is 12.6. The van der Waals surface area contributed by atoms with Gasteiger partial charge >= 0.3 is 0 Å². The van der Waals surface area contributed by atoms with Crippen molar-refractivity contribution in [2.45, 2.75) is 13.8 Å². The molecule has 3 heteroatoms. The highest BCUT2D eigenvalue weighted by atomic mass is 16.3. The molecule has 0 aromatic heterocycles. The molecule has 0 heterocycles. The van der Waals surface area contributed by atoms with Crippen molar-refractivity contribution >= 4 is 11.8 Å². The molecule has 3 nitrogen and oxygen atoms in total. The lowest BCUT2D eigenvalue weighted by Gasteiger charge is -2.21. The monoisotopic (exact) mass is 221 g/mol. The quantitative estimate of drug-likeness (QED) is 0.801. The second-order valence-electron chi connectivity index (χ2n) is 3.50. The molecule has 0 aliphatic heterocycles. The molecule has 16 heavy (non-hydrogen) atoms. The molecular weight excluding hydrogens is 202 g/mol. The van der Waals surface area contributed by atoms with Gasteiger partial charge in [-0.25, -0.2) is 0 Å². The second kappa shape index (κ2) is 6.18. The zero-order valence-electron chi connectivity index (χ0n) is 9.85. The number of anilines is 1. The Morgan fingerprint density at radius 2 is 1.94 bits per heavy atom. The van der Waals surface area contributed by atoms with Crippen LogP contribution >= 0.6 is 0 Å². The minimum Gasteiger partial charge on any atom is -0.507 e. The van der Waals surface area contributed by atoms with E-state index in [0.29, 0.717) is 0 Å². The van der Waals surface area contributed by atoms with E-state index < -0.39 is 0 Å². The summed E-state index contributed by atoms with van der Waals surface area (Å²) in [6, 6.07) is 5.59. The first-order chi connectivity index (χ1) is 7.72. The smallest absolute Gasteiger partial charge is 0.124 e. The van der Waals surface area contributed by atoms with Gasteiger partial charge in [-0.05, 0) is 26.0 Å². The van der Waals surface area contributed by atoms with Crippen LogP contribution in [0.25, 0.3) is 6.08 Å². The van der Waals surface area contributed by atoms with E-state index in [1.165, 1.54) is 0 Å². The van der Waals surface area contributed by atoms with Gasteiger partial charge in [0.25, 0.3) is 0 Å². The molecule has 0 fully saturated rings. The van der Waals surface area contributed by atoms with Crippen LogP contribution in [0, 0.1) is 0 Å². The normalized spacial score (nSPS) is 10.9. The molecule has 0 spiro atoms. The highest BCUT2D eigenvalue weighted by Crippen LogP contribution is 2.25. The van der Waals surface area contributed by atoms with Crippen LogP contribution in [0.15, 0.2) is 24.3 Å².